The SMILES string of the molecule is COC1COC(O)C(OC)C(OC)C1OC. The Hall–Kier alpha value is -0.240. The number of hydrogen-bond acceptors (Lipinski definition) is 6. The van der Waals surface area contributed by atoms with E-state index in [4.69, 9.17) is 23.7 Å². The standard InChI is InChI=1S/C10H20O6/c1-12-6-5-16-10(11)9(15-4)8(14-3)7(6)13-2/h6-11H,5H2,1-4H3. The van der Waals surface area contributed by atoms with E-state index in [1.165, 1.54) is 14.2 Å². The summed E-state index contributed by atoms with van der Waals surface area (Å²) in [5, 5.41) is 9.74. The third-order valence-electron chi connectivity index (χ3n) is 2.85. The number of aliphatic hydroxyl groups excluding tert-OH is 1. The fraction of sp³-hybridized carbons (Fsp3) is 1.00. The zero-order valence-corrected chi connectivity index (χ0v) is 10.1. The summed E-state index contributed by atoms with van der Waals surface area (Å²) in [6.45, 7) is 0.232. The molecular formula is C10H20O6. The van der Waals surface area contributed by atoms with Gasteiger partial charge in [-0.05, 0) is 0 Å². The van der Waals surface area contributed by atoms with Crippen molar-refractivity contribution in [1.82, 2.24) is 0 Å². The summed E-state index contributed by atoms with van der Waals surface area (Å²) in [5.41, 5.74) is 0. The van der Waals surface area contributed by atoms with Crippen molar-refractivity contribution < 1.29 is 28.8 Å². The zero-order chi connectivity index (χ0) is 12.1. The van der Waals surface area contributed by atoms with Crippen LogP contribution >= 0.6 is 0 Å². The average molecular weight is 236 g/mol. The lowest BCUT2D eigenvalue weighted by Crippen LogP contribution is -2.49. The van der Waals surface area contributed by atoms with Crippen LogP contribution in [0.15, 0.2) is 0 Å². The predicted octanol–water partition coefficient (Wildman–Crippen LogP) is -0.605. The summed E-state index contributed by atoms with van der Waals surface area (Å²) in [6, 6.07) is 0. The largest absolute Gasteiger partial charge is 0.376 e. The molecule has 0 aromatic rings. The van der Waals surface area contributed by atoms with Crippen LogP contribution < -0.4 is 0 Å². The van der Waals surface area contributed by atoms with E-state index >= 15 is 0 Å². The Morgan fingerprint density at radius 1 is 0.875 bits per heavy atom. The van der Waals surface area contributed by atoms with Crippen LogP contribution in [0.25, 0.3) is 0 Å². The molecule has 0 aromatic carbocycles. The minimum absolute atomic E-state index is 0.232. The van der Waals surface area contributed by atoms with Crippen LogP contribution in [0.2, 0.25) is 0 Å². The molecule has 0 amide bonds. The lowest BCUT2D eigenvalue weighted by molar-refractivity contribution is -0.197. The second-order valence-corrected chi connectivity index (χ2v) is 3.60. The van der Waals surface area contributed by atoms with Crippen molar-refractivity contribution in [2.24, 2.45) is 0 Å². The normalized spacial score (nSPS) is 40.7. The van der Waals surface area contributed by atoms with Crippen LogP contribution in [0, 0.1) is 0 Å². The molecule has 6 nitrogen and oxygen atoms in total. The third-order valence-corrected chi connectivity index (χ3v) is 2.85. The molecule has 1 rings (SSSR count). The molecule has 1 N–H and O–H groups in total. The van der Waals surface area contributed by atoms with Gasteiger partial charge >= 0.3 is 0 Å². The van der Waals surface area contributed by atoms with Gasteiger partial charge in [0.2, 0.25) is 0 Å². The van der Waals surface area contributed by atoms with Gasteiger partial charge in [-0.3, -0.25) is 0 Å². The topological polar surface area (TPSA) is 66.4 Å². The maximum atomic E-state index is 9.74. The Bertz CT molecular complexity index is 200. The number of hydrogen-bond donors (Lipinski definition) is 1. The lowest BCUT2D eigenvalue weighted by atomic mass is 10.0. The van der Waals surface area contributed by atoms with E-state index in [0.29, 0.717) is 0 Å². The quantitative estimate of drug-likeness (QED) is 0.703. The molecule has 0 aromatic heterocycles. The minimum atomic E-state index is -1.05. The Morgan fingerprint density at radius 2 is 1.44 bits per heavy atom. The van der Waals surface area contributed by atoms with Crippen LogP contribution in [-0.2, 0) is 23.7 Å². The summed E-state index contributed by atoms with van der Waals surface area (Å²) >= 11 is 0. The van der Waals surface area contributed by atoms with Crippen LogP contribution in [0.4, 0.5) is 0 Å². The van der Waals surface area contributed by atoms with Crippen LogP contribution in [0.3, 0.4) is 0 Å². The fourth-order valence-corrected chi connectivity index (χ4v) is 1.95. The molecule has 6 heteroatoms. The van der Waals surface area contributed by atoms with Gasteiger partial charge in [0.25, 0.3) is 0 Å². The van der Waals surface area contributed by atoms with E-state index in [1.807, 2.05) is 0 Å². The molecule has 0 aliphatic carbocycles. The van der Waals surface area contributed by atoms with Gasteiger partial charge < -0.3 is 28.8 Å². The predicted molar refractivity (Wildman–Crippen MR) is 55.1 cm³/mol. The van der Waals surface area contributed by atoms with Crippen molar-refractivity contribution in [2.75, 3.05) is 35.0 Å². The van der Waals surface area contributed by atoms with Crippen LogP contribution in [0.1, 0.15) is 0 Å². The zero-order valence-electron chi connectivity index (χ0n) is 10.1. The highest BCUT2D eigenvalue weighted by Gasteiger charge is 2.43. The Labute approximate surface area is 95.4 Å². The fourth-order valence-electron chi connectivity index (χ4n) is 1.95. The number of aliphatic hydroxyl groups is 1. The molecule has 16 heavy (non-hydrogen) atoms. The molecule has 1 saturated heterocycles. The minimum Gasteiger partial charge on any atom is -0.376 e. The summed E-state index contributed by atoms with van der Waals surface area (Å²) in [4.78, 5) is 0. The van der Waals surface area contributed by atoms with E-state index in [1.54, 1.807) is 14.2 Å². The van der Waals surface area contributed by atoms with E-state index < -0.39 is 18.5 Å². The molecule has 0 spiro atoms. The van der Waals surface area contributed by atoms with Gasteiger partial charge in [-0.15, -0.1) is 0 Å². The summed E-state index contributed by atoms with van der Waals surface area (Å²) < 4.78 is 26.3. The van der Waals surface area contributed by atoms with Crippen molar-refractivity contribution >= 4 is 0 Å². The molecule has 5 atom stereocenters. The Kier molecular flexibility index (Phi) is 5.60. The lowest BCUT2D eigenvalue weighted by Gasteiger charge is -2.31. The molecule has 1 heterocycles. The van der Waals surface area contributed by atoms with E-state index in [2.05, 4.69) is 0 Å². The molecular weight excluding hydrogens is 216 g/mol. The van der Waals surface area contributed by atoms with E-state index in [-0.39, 0.29) is 18.8 Å². The molecule has 1 aliphatic rings. The van der Waals surface area contributed by atoms with Crippen molar-refractivity contribution in [2.45, 2.75) is 30.7 Å². The Morgan fingerprint density at radius 3 is 1.88 bits per heavy atom. The first-order chi connectivity index (χ1) is 7.69. The molecule has 0 radical (unpaired) electrons. The van der Waals surface area contributed by atoms with Gasteiger partial charge in [-0.25, -0.2) is 0 Å². The maximum absolute atomic E-state index is 9.74. The first-order valence-corrected chi connectivity index (χ1v) is 5.10. The molecule has 96 valence electrons. The Balaban J connectivity index is 2.88. The van der Waals surface area contributed by atoms with Crippen molar-refractivity contribution in [3.05, 3.63) is 0 Å². The summed E-state index contributed by atoms with van der Waals surface area (Å²) in [5.74, 6) is 0. The molecule has 5 unspecified atom stereocenters. The second kappa shape index (κ2) is 6.48. The van der Waals surface area contributed by atoms with Gasteiger partial charge in [-0.2, -0.15) is 0 Å². The van der Waals surface area contributed by atoms with Gasteiger partial charge in [0, 0.05) is 28.4 Å². The molecule has 0 saturated carbocycles. The van der Waals surface area contributed by atoms with E-state index in [0.717, 1.165) is 0 Å². The highest BCUT2D eigenvalue weighted by atomic mass is 16.7. The maximum Gasteiger partial charge on any atom is 0.183 e. The molecule has 0 bridgehead atoms. The third kappa shape index (κ3) is 2.71. The average Bonchev–Trinajstić information content (AvgIpc) is 2.44. The second-order valence-electron chi connectivity index (χ2n) is 3.60. The van der Waals surface area contributed by atoms with Crippen molar-refractivity contribution in [3.63, 3.8) is 0 Å². The monoisotopic (exact) mass is 236 g/mol. The van der Waals surface area contributed by atoms with Crippen LogP contribution in [0.5, 0.6) is 0 Å². The number of ether oxygens (including phenoxy) is 5. The summed E-state index contributed by atoms with van der Waals surface area (Å²) in [7, 11) is 6.15. The molecule has 1 aliphatic heterocycles. The first kappa shape index (κ1) is 13.8. The smallest absolute Gasteiger partial charge is 0.183 e. The highest BCUT2D eigenvalue weighted by Crippen LogP contribution is 2.23. The number of methoxy groups -OCH3 is 4. The first-order valence-electron chi connectivity index (χ1n) is 5.10. The van der Waals surface area contributed by atoms with Gasteiger partial charge in [0.15, 0.2) is 6.29 Å². The van der Waals surface area contributed by atoms with Crippen molar-refractivity contribution in [1.29, 1.82) is 0 Å². The van der Waals surface area contributed by atoms with Crippen molar-refractivity contribution in [3.8, 4) is 0 Å². The summed E-state index contributed by atoms with van der Waals surface area (Å²) in [6.07, 6.45) is -2.75. The van der Waals surface area contributed by atoms with Gasteiger partial charge in [0.1, 0.15) is 24.4 Å². The van der Waals surface area contributed by atoms with E-state index in [9.17, 15) is 5.11 Å². The van der Waals surface area contributed by atoms with Gasteiger partial charge in [0.05, 0.1) is 6.61 Å². The highest BCUT2D eigenvalue weighted by molar-refractivity contribution is 4.89. The molecule has 1 fully saturated rings. The van der Waals surface area contributed by atoms with Crippen LogP contribution in [-0.4, -0.2) is 70.9 Å². The van der Waals surface area contributed by atoms with Gasteiger partial charge in [-0.1, -0.05) is 0 Å². The number of rotatable bonds is 4.